The molecular formula is C96H128B2Br2O4S6Si2. The third kappa shape index (κ3) is 54.8. The minimum atomic E-state index is -1.40. The van der Waals surface area contributed by atoms with E-state index in [0.717, 1.165) is 24.1 Å². The number of halogens is 2. The van der Waals surface area contributed by atoms with Gasteiger partial charge in [0.15, 0.2) is 0 Å². The molecule has 0 saturated heterocycles. The van der Waals surface area contributed by atoms with Gasteiger partial charge in [-0.3, -0.25) is 0 Å². The maximum Gasteiger partial charge on any atom is 0.488 e. The van der Waals surface area contributed by atoms with Gasteiger partial charge < -0.3 is 20.1 Å². The van der Waals surface area contributed by atoms with E-state index in [1.807, 2.05) is 227 Å². The van der Waals surface area contributed by atoms with E-state index in [4.69, 9.17) is 20.1 Å². The number of hydrogen-bond donors (Lipinski definition) is 8. The van der Waals surface area contributed by atoms with Gasteiger partial charge in [-0.25, -0.2) is 0 Å². The van der Waals surface area contributed by atoms with Gasteiger partial charge in [0.05, 0.1) is 0 Å². The van der Waals surface area contributed by atoms with Crippen molar-refractivity contribution in [3.63, 3.8) is 0 Å². The molecule has 0 amide bonds. The second-order valence-electron chi connectivity index (χ2n) is 27.9. The van der Waals surface area contributed by atoms with Crippen molar-refractivity contribution in [3.05, 3.63) is 365 Å². The van der Waals surface area contributed by atoms with Gasteiger partial charge in [-0.05, 0) is 177 Å². The van der Waals surface area contributed by atoms with E-state index < -0.39 is 28.7 Å². The third-order valence-corrected chi connectivity index (χ3v) is 35.3. The van der Waals surface area contributed by atoms with E-state index in [0.29, 0.717) is 15.5 Å². The lowest BCUT2D eigenvalue weighted by atomic mass is 9.81. The molecule has 12 aromatic rings. The molecule has 0 aliphatic heterocycles. The zero-order valence-corrected chi connectivity index (χ0v) is 80.9. The first-order valence-corrected chi connectivity index (χ1v) is 50.8. The van der Waals surface area contributed by atoms with Gasteiger partial charge in [-0.1, -0.05) is 403 Å². The van der Waals surface area contributed by atoms with Crippen LogP contribution in [0.15, 0.2) is 361 Å². The number of benzene rings is 12. The molecule has 0 aliphatic carbocycles. The van der Waals surface area contributed by atoms with E-state index in [1.54, 1.807) is 12.1 Å². The predicted molar refractivity (Wildman–Crippen MR) is 530 cm³/mol. The van der Waals surface area contributed by atoms with Gasteiger partial charge in [-0.2, -0.15) is 22.4 Å². The molecule has 0 heterocycles. The Hall–Kier alpha value is -5.90. The number of rotatable bonds is 7. The van der Waals surface area contributed by atoms with Crippen molar-refractivity contribution < 1.29 is 20.1 Å². The number of alkyl halides is 1. The van der Waals surface area contributed by atoms with Gasteiger partial charge >= 0.3 is 14.2 Å². The standard InChI is InChI=1S/C19H26SSi.C13H12S.C12H21BO2SSi.C7H7Br.3C7H8.3C6H6S.2C2H6.CH5BO2.CH3Br/c1-15-7-9-16(10-8-15)17-11-13-18(14-12-17)20-21(5,6)19(2,3)4;1-10-2-4-11(5-3-10)12-6-8-13(14)9-7-12;1-12(2,3)17(4,5)16-11-8-6-10(7-9-11)13(14)15;1-6-2-4-7(8)5-3-6;3*1-7-5-3-2-4-6-7;3*7-6-4-2-1-3-5-6;2*1-2;1-2(3)4;1-2/h7-14H,1-6H3;2-9,14H,1H3;6-9,14-15H,1-5H3;2-5H,1H3;3*2-6H,1H3;3*1-5,7H;2*1-2H3;3-4H,1H3;1H3. The molecule has 0 aliphatic rings. The Balaban J connectivity index is 0. The molecular weight excluding hydrogens is 1650 g/mol. The lowest BCUT2D eigenvalue weighted by molar-refractivity contribution is 0.417. The second-order valence-corrected chi connectivity index (χ2v) is 48.6. The fourth-order valence-electron chi connectivity index (χ4n) is 7.89. The van der Waals surface area contributed by atoms with Crippen molar-refractivity contribution >= 4 is 139 Å². The van der Waals surface area contributed by atoms with Gasteiger partial charge in [0, 0.05) is 33.8 Å². The number of thiol groups is 4. The Bertz CT molecular complexity index is 3800. The highest BCUT2D eigenvalue weighted by atomic mass is 79.9. The van der Waals surface area contributed by atoms with Crippen LogP contribution in [0.1, 0.15) is 103 Å². The first kappa shape index (κ1) is 108. The Kier molecular flexibility index (Phi) is 61.2. The summed E-state index contributed by atoms with van der Waals surface area (Å²) < 4.78 is 1.14. The molecule has 4 nitrogen and oxygen atoms in total. The van der Waals surface area contributed by atoms with Crippen molar-refractivity contribution in [2.45, 2.75) is 183 Å². The quantitative estimate of drug-likeness (QED) is 0.0462. The monoisotopic (exact) mass is 1770 g/mol. The van der Waals surface area contributed by atoms with Gasteiger partial charge in [0.1, 0.15) is 14.4 Å². The van der Waals surface area contributed by atoms with E-state index in [-0.39, 0.29) is 0 Å². The van der Waals surface area contributed by atoms with Crippen molar-refractivity contribution in [2.24, 2.45) is 0 Å². The summed E-state index contributed by atoms with van der Waals surface area (Å²) in [6.45, 7) is 45.5. The van der Waals surface area contributed by atoms with Crippen LogP contribution in [0.5, 0.6) is 0 Å². The minimum absolute atomic E-state index is 0.340. The molecule has 0 radical (unpaired) electrons. The lowest BCUT2D eigenvalue weighted by Crippen LogP contribution is -2.33. The topological polar surface area (TPSA) is 80.9 Å². The molecule has 0 aromatic heterocycles. The second kappa shape index (κ2) is 63.3. The average Bonchev–Trinajstić information content (AvgIpc) is 0.825. The van der Waals surface area contributed by atoms with Crippen molar-refractivity contribution in [1.29, 1.82) is 0 Å². The summed E-state index contributed by atoms with van der Waals surface area (Å²) in [4.78, 5) is 6.66. The van der Waals surface area contributed by atoms with Crippen LogP contribution < -0.4 is 5.46 Å². The highest BCUT2D eigenvalue weighted by molar-refractivity contribution is 9.10. The summed E-state index contributed by atoms with van der Waals surface area (Å²) in [5.74, 6) is 1.81. The van der Waals surface area contributed by atoms with Crippen LogP contribution in [-0.4, -0.2) is 54.6 Å². The molecule has 12 aromatic carbocycles. The third-order valence-electron chi connectivity index (χ3n) is 16.1. The first-order chi connectivity index (χ1) is 53.0. The Labute approximate surface area is 729 Å². The lowest BCUT2D eigenvalue weighted by Gasteiger charge is -2.36. The fraction of sp³-hybridized carbons (Fsp3) is 0.250. The molecule has 4 N–H and O–H groups in total. The van der Waals surface area contributed by atoms with Gasteiger partial charge in [0.25, 0.3) is 0 Å². The van der Waals surface area contributed by atoms with Crippen molar-refractivity contribution in [3.8, 4) is 22.3 Å². The summed E-state index contributed by atoms with van der Waals surface area (Å²) in [5, 5.41) is 34.0. The Morgan fingerprint density at radius 2 is 0.464 bits per heavy atom. The summed E-state index contributed by atoms with van der Waals surface area (Å²) in [7, 11) is -5.27. The SMILES string of the molecule is CB(O)O.CBr.CC.CC.CC(C)(C)[Si](C)(C)Sc1ccc(B(O)O)cc1.Cc1ccc(-c2ccc(S)cc2)cc1.Cc1ccc(-c2ccc(S[Si](C)(C)C(C)(C)C)cc2)cc1.Cc1ccc(Br)cc1.Cc1ccccc1.Cc1ccccc1.Cc1ccccc1.Sc1ccccc1.Sc1ccccc1.Sc1ccccc1. The maximum atomic E-state index is 9.03. The zero-order chi connectivity index (χ0) is 85.1. The van der Waals surface area contributed by atoms with Crippen molar-refractivity contribution in [2.75, 3.05) is 5.83 Å². The molecule has 0 spiro atoms. The predicted octanol–water partition coefficient (Wildman–Crippen LogP) is 30.0. The van der Waals surface area contributed by atoms with Gasteiger partial charge in [-0.15, -0.1) is 50.5 Å². The Morgan fingerprint density at radius 1 is 0.286 bits per heavy atom. The molecule has 0 fully saturated rings. The molecule has 0 bridgehead atoms. The minimum Gasteiger partial charge on any atom is -0.427 e. The van der Waals surface area contributed by atoms with Crippen molar-refractivity contribution in [1.82, 2.24) is 0 Å². The number of hydrogen-bond acceptors (Lipinski definition) is 10. The molecule has 112 heavy (non-hydrogen) atoms. The highest BCUT2D eigenvalue weighted by Crippen LogP contribution is 2.47. The average molecular weight is 1780 g/mol. The molecule has 0 saturated carbocycles. The highest BCUT2D eigenvalue weighted by Gasteiger charge is 2.37. The summed E-state index contributed by atoms with van der Waals surface area (Å²) >= 11 is 26.8. The molecule has 12 rings (SSSR count). The summed E-state index contributed by atoms with van der Waals surface area (Å²) in [6.07, 6.45) is 0. The molecule has 600 valence electrons. The fourth-order valence-corrected chi connectivity index (χ4v) is 17.3. The largest absolute Gasteiger partial charge is 0.488 e. The maximum absolute atomic E-state index is 9.03. The molecule has 0 unspecified atom stereocenters. The van der Waals surface area contributed by atoms with Crippen LogP contribution in [-0.2, 0) is 0 Å². The number of aryl methyl sites for hydroxylation is 6. The normalized spacial score (nSPS) is 9.86. The van der Waals surface area contributed by atoms with E-state index in [1.165, 1.54) is 72.2 Å². The van der Waals surface area contributed by atoms with Crippen LogP contribution >= 0.6 is 105 Å². The van der Waals surface area contributed by atoms with Crippen LogP contribution in [0, 0.1) is 41.5 Å². The summed E-state index contributed by atoms with van der Waals surface area (Å²) in [6, 6.07) is 110. The molecule has 0 atom stereocenters. The first-order valence-electron chi connectivity index (χ1n) is 37.6. The van der Waals surface area contributed by atoms with E-state index in [9.17, 15) is 0 Å². The summed E-state index contributed by atoms with van der Waals surface area (Å²) in [5.41, 5.74) is 13.5. The molecule has 16 heteroatoms. The van der Waals surface area contributed by atoms with Gasteiger partial charge in [0.2, 0.25) is 0 Å². The smallest absolute Gasteiger partial charge is 0.427 e. The van der Waals surface area contributed by atoms with E-state index in [2.05, 4.69) is 336 Å². The van der Waals surface area contributed by atoms with Crippen LogP contribution in [0.25, 0.3) is 22.3 Å². The van der Waals surface area contributed by atoms with Crippen LogP contribution in [0.2, 0.25) is 43.1 Å². The zero-order valence-electron chi connectivity index (χ0n) is 70.5. The van der Waals surface area contributed by atoms with Crippen LogP contribution in [0.4, 0.5) is 0 Å². The van der Waals surface area contributed by atoms with Crippen LogP contribution in [0.3, 0.4) is 0 Å². The Morgan fingerprint density at radius 3 is 0.643 bits per heavy atom. The van der Waals surface area contributed by atoms with E-state index >= 15 is 0 Å².